The van der Waals surface area contributed by atoms with E-state index in [1.54, 1.807) is 7.11 Å². The molecule has 0 saturated carbocycles. The number of fused-ring (bicyclic) bond motifs is 5. The minimum absolute atomic E-state index is 0.504. The van der Waals surface area contributed by atoms with Crippen LogP contribution in [0.25, 0.3) is 0 Å². The zero-order valence-electron chi connectivity index (χ0n) is 17.0. The first kappa shape index (κ1) is 18.1. The van der Waals surface area contributed by atoms with E-state index in [1.165, 1.54) is 24.9 Å². The quantitative estimate of drug-likeness (QED) is 0.637. The highest BCUT2D eigenvalue weighted by molar-refractivity contribution is 5.80. The first-order chi connectivity index (χ1) is 13.7. The Hall–Kier alpha value is -1.95. The Morgan fingerprint density at radius 3 is 2.68 bits per heavy atom. The normalized spacial score (nSPS) is 34.2. The average molecular weight is 385 g/mol. The molecule has 1 aromatic rings. The summed E-state index contributed by atoms with van der Waals surface area (Å²) in [7, 11) is 3.64. The molecule has 5 rings (SSSR count). The van der Waals surface area contributed by atoms with Crippen molar-refractivity contribution in [3.63, 3.8) is 0 Å². The molecule has 0 amide bonds. The van der Waals surface area contributed by atoms with Gasteiger partial charge in [-0.05, 0) is 37.3 Å². The Morgan fingerprint density at radius 1 is 1.18 bits per heavy atom. The van der Waals surface area contributed by atoms with Crippen molar-refractivity contribution >= 4 is 11.6 Å². The lowest BCUT2D eigenvalue weighted by Crippen LogP contribution is -2.43. The van der Waals surface area contributed by atoms with Crippen LogP contribution in [0.1, 0.15) is 19.3 Å². The SMILES string of the molecule is CN=C(NCC1CCN(c2cccc(OC)c2)C1)N1CC2C3CCC(O3)C2C1. The summed E-state index contributed by atoms with van der Waals surface area (Å²) in [5.41, 5.74) is 1.26. The van der Waals surface area contributed by atoms with Gasteiger partial charge in [0.2, 0.25) is 0 Å². The first-order valence-corrected chi connectivity index (χ1v) is 10.7. The number of benzene rings is 1. The van der Waals surface area contributed by atoms with E-state index in [9.17, 15) is 0 Å². The number of methoxy groups -OCH3 is 1. The second-order valence-corrected chi connectivity index (χ2v) is 8.75. The van der Waals surface area contributed by atoms with Crippen LogP contribution < -0.4 is 15.0 Å². The average Bonchev–Trinajstić information content (AvgIpc) is 3.50. The van der Waals surface area contributed by atoms with Crippen LogP contribution in [0.4, 0.5) is 5.69 Å². The number of likely N-dealkylation sites (tertiary alicyclic amines) is 1. The summed E-state index contributed by atoms with van der Waals surface area (Å²) >= 11 is 0. The number of ether oxygens (including phenoxy) is 2. The van der Waals surface area contributed by atoms with Crippen molar-refractivity contribution in [2.24, 2.45) is 22.7 Å². The summed E-state index contributed by atoms with van der Waals surface area (Å²) < 4.78 is 11.5. The molecule has 6 heteroatoms. The fraction of sp³-hybridized carbons (Fsp3) is 0.682. The number of nitrogens with one attached hydrogen (secondary N) is 1. The molecule has 0 radical (unpaired) electrons. The van der Waals surface area contributed by atoms with Gasteiger partial charge in [-0.15, -0.1) is 0 Å². The van der Waals surface area contributed by atoms with Gasteiger partial charge in [0, 0.05) is 63.4 Å². The third-order valence-electron chi connectivity index (χ3n) is 7.22. The monoisotopic (exact) mass is 384 g/mol. The molecule has 0 aliphatic carbocycles. The Bertz CT molecular complexity index is 721. The van der Waals surface area contributed by atoms with Crippen LogP contribution in [0.2, 0.25) is 0 Å². The molecule has 2 bridgehead atoms. The highest BCUT2D eigenvalue weighted by atomic mass is 16.5. The molecule has 4 fully saturated rings. The summed E-state index contributed by atoms with van der Waals surface area (Å²) in [6, 6.07) is 8.39. The summed E-state index contributed by atoms with van der Waals surface area (Å²) in [4.78, 5) is 9.52. The molecule has 4 heterocycles. The molecule has 152 valence electrons. The summed E-state index contributed by atoms with van der Waals surface area (Å²) in [6.45, 7) is 5.38. The summed E-state index contributed by atoms with van der Waals surface area (Å²) in [6.07, 6.45) is 4.74. The topological polar surface area (TPSA) is 49.3 Å². The molecule has 0 aromatic heterocycles. The van der Waals surface area contributed by atoms with Gasteiger partial charge in [0.25, 0.3) is 0 Å². The standard InChI is InChI=1S/C22H32N4O2/c1-23-22(26-13-18-19(14-26)21-7-6-20(18)28-21)24-11-15-8-9-25(12-15)16-4-3-5-17(10-16)27-2/h3-5,10,15,18-21H,6-9,11-14H2,1-2H3,(H,23,24). The van der Waals surface area contributed by atoms with E-state index < -0.39 is 0 Å². The van der Waals surface area contributed by atoms with Crippen molar-refractivity contribution in [2.75, 3.05) is 51.8 Å². The van der Waals surface area contributed by atoms with Crippen LogP contribution in [0.15, 0.2) is 29.3 Å². The molecule has 28 heavy (non-hydrogen) atoms. The predicted molar refractivity (Wildman–Crippen MR) is 111 cm³/mol. The van der Waals surface area contributed by atoms with E-state index >= 15 is 0 Å². The van der Waals surface area contributed by atoms with E-state index in [1.807, 2.05) is 13.1 Å². The van der Waals surface area contributed by atoms with E-state index in [2.05, 4.69) is 38.3 Å². The van der Waals surface area contributed by atoms with Gasteiger partial charge in [-0.25, -0.2) is 0 Å². The summed E-state index contributed by atoms with van der Waals surface area (Å²) in [5, 5.41) is 3.67. The lowest BCUT2D eigenvalue weighted by Gasteiger charge is -2.25. The highest BCUT2D eigenvalue weighted by Crippen LogP contribution is 2.47. The predicted octanol–water partition coefficient (Wildman–Crippen LogP) is 2.21. The smallest absolute Gasteiger partial charge is 0.193 e. The van der Waals surface area contributed by atoms with Gasteiger partial charge in [-0.1, -0.05) is 6.07 Å². The van der Waals surface area contributed by atoms with Crippen molar-refractivity contribution in [3.8, 4) is 5.75 Å². The van der Waals surface area contributed by atoms with Crippen LogP contribution in [-0.4, -0.2) is 69.9 Å². The van der Waals surface area contributed by atoms with Gasteiger partial charge in [-0.3, -0.25) is 4.99 Å². The van der Waals surface area contributed by atoms with Crippen LogP contribution >= 0.6 is 0 Å². The maximum Gasteiger partial charge on any atom is 0.193 e. The Kier molecular flexibility index (Phi) is 4.83. The Morgan fingerprint density at radius 2 is 1.96 bits per heavy atom. The fourth-order valence-electron chi connectivity index (χ4n) is 5.74. The highest BCUT2D eigenvalue weighted by Gasteiger charge is 2.53. The van der Waals surface area contributed by atoms with Gasteiger partial charge in [0.05, 0.1) is 19.3 Å². The van der Waals surface area contributed by atoms with Gasteiger partial charge < -0.3 is 24.6 Å². The molecule has 4 aliphatic heterocycles. The second kappa shape index (κ2) is 7.47. The Balaban J connectivity index is 1.14. The molecule has 5 unspecified atom stereocenters. The number of hydrogen-bond acceptors (Lipinski definition) is 4. The summed E-state index contributed by atoms with van der Waals surface area (Å²) in [5.74, 6) is 4.08. The number of rotatable bonds is 4. The first-order valence-electron chi connectivity index (χ1n) is 10.7. The third kappa shape index (κ3) is 3.21. The largest absolute Gasteiger partial charge is 0.497 e. The fourth-order valence-corrected chi connectivity index (χ4v) is 5.74. The third-order valence-corrected chi connectivity index (χ3v) is 7.22. The lowest BCUT2D eigenvalue weighted by atomic mass is 9.82. The zero-order chi connectivity index (χ0) is 19.1. The molecule has 1 aromatic carbocycles. The van der Waals surface area contributed by atoms with Crippen LogP contribution in [0, 0.1) is 17.8 Å². The molecule has 1 N–H and O–H groups in total. The maximum atomic E-state index is 6.11. The van der Waals surface area contributed by atoms with Crippen molar-refractivity contribution in [1.29, 1.82) is 0 Å². The van der Waals surface area contributed by atoms with Crippen molar-refractivity contribution in [3.05, 3.63) is 24.3 Å². The van der Waals surface area contributed by atoms with Gasteiger partial charge in [0.15, 0.2) is 5.96 Å². The molecule has 0 spiro atoms. The number of hydrogen-bond donors (Lipinski definition) is 1. The maximum absolute atomic E-state index is 6.11. The number of guanidine groups is 1. The van der Waals surface area contributed by atoms with Crippen molar-refractivity contribution in [2.45, 2.75) is 31.5 Å². The van der Waals surface area contributed by atoms with E-state index in [-0.39, 0.29) is 0 Å². The Labute approximate surface area is 167 Å². The number of anilines is 1. The molecular weight excluding hydrogens is 352 g/mol. The molecule has 4 saturated heterocycles. The molecule has 5 atom stereocenters. The second-order valence-electron chi connectivity index (χ2n) is 8.75. The van der Waals surface area contributed by atoms with Crippen LogP contribution in [-0.2, 0) is 4.74 Å². The molecule has 4 aliphatic rings. The van der Waals surface area contributed by atoms with Crippen LogP contribution in [0.3, 0.4) is 0 Å². The lowest BCUT2D eigenvalue weighted by molar-refractivity contribution is 0.0767. The number of nitrogens with zero attached hydrogens (tertiary/aromatic N) is 3. The zero-order valence-corrected chi connectivity index (χ0v) is 17.0. The minimum Gasteiger partial charge on any atom is -0.497 e. The van der Waals surface area contributed by atoms with E-state index in [4.69, 9.17) is 9.47 Å². The van der Waals surface area contributed by atoms with E-state index in [0.29, 0.717) is 30.0 Å². The van der Waals surface area contributed by atoms with Gasteiger partial charge in [0.1, 0.15) is 5.75 Å². The van der Waals surface area contributed by atoms with Crippen LogP contribution in [0.5, 0.6) is 5.75 Å². The molecule has 6 nitrogen and oxygen atoms in total. The number of aliphatic imine (C=N–C) groups is 1. The van der Waals surface area contributed by atoms with Gasteiger partial charge in [-0.2, -0.15) is 0 Å². The minimum atomic E-state index is 0.504. The van der Waals surface area contributed by atoms with Gasteiger partial charge >= 0.3 is 0 Å². The van der Waals surface area contributed by atoms with Crippen molar-refractivity contribution in [1.82, 2.24) is 10.2 Å². The molecular formula is C22H32N4O2. The van der Waals surface area contributed by atoms with E-state index in [0.717, 1.165) is 44.4 Å². The van der Waals surface area contributed by atoms with Crippen molar-refractivity contribution < 1.29 is 9.47 Å².